The number of hydrogen-bond acceptors (Lipinski definition) is 2. The molecule has 0 heterocycles. The molecule has 4 unspecified atom stereocenters. The van der Waals surface area contributed by atoms with Gasteiger partial charge in [0.05, 0.1) is 0 Å². The van der Waals surface area contributed by atoms with Crippen molar-refractivity contribution in [3.05, 3.63) is 35.9 Å². The zero-order chi connectivity index (χ0) is 17.2. The first-order valence-electron chi connectivity index (χ1n) is 10.3. The van der Waals surface area contributed by atoms with Gasteiger partial charge in [0.2, 0.25) is 5.91 Å². The molecule has 3 saturated carbocycles. The molecule has 25 heavy (non-hydrogen) atoms. The van der Waals surface area contributed by atoms with Crippen LogP contribution in [0.15, 0.2) is 30.3 Å². The lowest BCUT2D eigenvalue weighted by Crippen LogP contribution is -2.51. The van der Waals surface area contributed by atoms with Crippen molar-refractivity contribution in [3.63, 3.8) is 0 Å². The number of hydrogen-bond donors (Lipinski definition) is 2. The highest BCUT2D eigenvalue weighted by atomic mass is 16.1. The van der Waals surface area contributed by atoms with Crippen molar-refractivity contribution in [2.45, 2.75) is 75.8 Å². The molecule has 1 amide bonds. The van der Waals surface area contributed by atoms with Crippen LogP contribution in [0.3, 0.4) is 0 Å². The third kappa shape index (κ3) is 3.62. The van der Waals surface area contributed by atoms with E-state index in [1.807, 2.05) is 0 Å². The van der Waals surface area contributed by atoms with E-state index in [2.05, 4.69) is 35.6 Å². The molecule has 0 saturated heterocycles. The molecule has 136 valence electrons. The summed E-state index contributed by atoms with van der Waals surface area (Å²) >= 11 is 0. The fourth-order valence-corrected chi connectivity index (χ4v) is 5.71. The first-order valence-corrected chi connectivity index (χ1v) is 10.3. The summed E-state index contributed by atoms with van der Waals surface area (Å²) in [4.78, 5) is 13.0. The van der Waals surface area contributed by atoms with Gasteiger partial charge in [-0.15, -0.1) is 0 Å². The lowest BCUT2D eigenvalue weighted by atomic mass is 9.65. The summed E-state index contributed by atoms with van der Waals surface area (Å²) < 4.78 is 0. The standard InChI is InChI=1S/C22H32N2O/c23-21-16-9-6-10-17(21)14-18(13-16)22(25)24-20-12-5-4-11-19(20)15-7-2-1-3-8-15/h1-3,7-8,16-21H,4-6,9-14,23H2,(H,24,25). The molecule has 0 aliphatic heterocycles. The van der Waals surface area contributed by atoms with Crippen LogP contribution in [0.25, 0.3) is 0 Å². The molecule has 3 aliphatic rings. The van der Waals surface area contributed by atoms with Crippen molar-refractivity contribution < 1.29 is 4.79 Å². The molecule has 0 radical (unpaired) electrons. The lowest BCUT2D eigenvalue weighted by molar-refractivity contribution is -0.129. The Morgan fingerprint density at radius 2 is 1.60 bits per heavy atom. The molecule has 1 aromatic rings. The number of carbonyl (C=O) groups excluding carboxylic acids is 1. The highest BCUT2D eigenvalue weighted by Gasteiger charge is 2.41. The van der Waals surface area contributed by atoms with Gasteiger partial charge in [-0.25, -0.2) is 0 Å². The molecule has 4 atom stereocenters. The predicted molar refractivity (Wildman–Crippen MR) is 101 cm³/mol. The fraction of sp³-hybridized carbons (Fsp3) is 0.682. The van der Waals surface area contributed by atoms with Gasteiger partial charge in [0, 0.05) is 23.9 Å². The van der Waals surface area contributed by atoms with Crippen molar-refractivity contribution in [3.8, 4) is 0 Å². The largest absolute Gasteiger partial charge is 0.353 e. The summed E-state index contributed by atoms with van der Waals surface area (Å²) in [5.41, 5.74) is 7.78. The zero-order valence-corrected chi connectivity index (χ0v) is 15.2. The second-order valence-electron chi connectivity index (χ2n) is 8.61. The SMILES string of the molecule is NC1C2CCCC1CC(C(=O)NC1CCCCC1c1ccccc1)C2. The Morgan fingerprint density at radius 1 is 0.920 bits per heavy atom. The van der Waals surface area contributed by atoms with Crippen LogP contribution in [0.2, 0.25) is 0 Å². The Labute approximate surface area is 151 Å². The highest BCUT2D eigenvalue weighted by molar-refractivity contribution is 5.79. The molecule has 0 spiro atoms. The monoisotopic (exact) mass is 340 g/mol. The van der Waals surface area contributed by atoms with Crippen molar-refractivity contribution in [1.82, 2.24) is 5.32 Å². The van der Waals surface area contributed by atoms with Crippen LogP contribution in [0, 0.1) is 17.8 Å². The maximum atomic E-state index is 13.0. The molecule has 3 N–H and O–H groups in total. The van der Waals surface area contributed by atoms with Crippen molar-refractivity contribution in [2.24, 2.45) is 23.5 Å². The average molecular weight is 341 g/mol. The fourth-order valence-electron chi connectivity index (χ4n) is 5.71. The molecule has 3 fully saturated rings. The Morgan fingerprint density at radius 3 is 2.32 bits per heavy atom. The van der Waals surface area contributed by atoms with Crippen LogP contribution in [-0.2, 0) is 4.79 Å². The smallest absolute Gasteiger partial charge is 0.223 e. The quantitative estimate of drug-likeness (QED) is 0.874. The second kappa shape index (κ2) is 7.49. The number of amides is 1. The van der Waals surface area contributed by atoms with Crippen molar-refractivity contribution >= 4 is 5.91 Å². The number of rotatable bonds is 3. The molecule has 2 bridgehead atoms. The predicted octanol–water partition coefficient (Wildman–Crippen LogP) is 3.98. The van der Waals surface area contributed by atoms with Gasteiger partial charge < -0.3 is 11.1 Å². The van der Waals surface area contributed by atoms with E-state index in [0.29, 0.717) is 35.7 Å². The number of carbonyl (C=O) groups is 1. The van der Waals surface area contributed by atoms with E-state index in [-0.39, 0.29) is 5.92 Å². The lowest BCUT2D eigenvalue weighted by Gasteiger charge is -2.44. The average Bonchev–Trinajstić information content (AvgIpc) is 2.62. The number of nitrogens with one attached hydrogen (secondary N) is 1. The Balaban J connectivity index is 1.42. The second-order valence-corrected chi connectivity index (χ2v) is 8.61. The Hall–Kier alpha value is -1.35. The van der Waals surface area contributed by atoms with Gasteiger partial charge in [0.1, 0.15) is 0 Å². The van der Waals surface area contributed by atoms with Crippen LogP contribution in [0.1, 0.15) is 69.3 Å². The van der Waals surface area contributed by atoms with Gasteiger partial charge in [0.15, 0.2) is 0 Å². The first-order chi connectivity index (χ1) is 12.2. The van der Waals surface area contributed by atoms with Crippen molar-refractivity contribution in [1.29, 1.82) is 0 Å². The van der Waals surface area contributed by atoms with Crippen LogP contribution in [0.5, 0.6) is 0 Å². The molecule has 1 aromatic carbocycles. The van der Waals surface area contributed by atoms with E-state index in [4.69, 9.17) is 5.73 Å². The summed E-state index contributed by atoms with van der Waals surface area (Å²) in [7, 11) is 0. The summed E-state index contributed by atoms with van der Waals surface area (Å²) in [6.45, 7) is 0. The zero-order valence-electron chi connectivity index (χ0n) is 15.2. The van der Waals surface area contributed by atoms with E-state index in [9.17, 15) is 4.79 Å². The topological polar surface area (TPSA) is 55.1 Å². The molecule has 3 aliphatic carbocycles. The Kier molecular flexibility index (Phi) is 5.12. The number of benzene rings is 1. The molecule has 3 heteroatoms. The summed E-state index contributed by atoms with van der Waals surface area (Å²) in [6, 6.07) is 11.4. The third-order valence-corrected chi connectivity index (χ3v) is 7.11. The Bertz CT molecular complexity index is 573. The summed E-state index contributed by atoms with van der Waals surface area (Å²) in [5, 5.41) is 3.46. The minimum Gasteiger partial charge on any atom is -0.353 e. The minimum absolute atomic E-state index is 0.188. The normalized spacial score (nSPS) is 38.1. The van der Waals surface area contributed by atoms with E-state index in [1.165, 1.54) is 44.1 Å². The summed E-state index contributed by atoms with van der Waals surface area (Å²) in [5.74, 6) is 2.10. The maximum absolute atomic E-state index is 13.0. The number of fused-ring (bicyclic) bond motifs is 2. The van der Waals surface area contributed by atoms with Gasteiger partial charge in [-0.2, -0.15) is 0 Å². The van der Waals surface area contributed by atoms with Crippen LogP contribution < -0.4 is 11.1 Å². The van der Waals surface area contributed by atoms with E-state index in [0.717, 1.165) is 19.3 Å². The van der Waals surface area contributed by atoms with Gasteiger partial charge in [-0.3, -0.25) is 4.79 Å². The van der Waals surface area contributed by atoms with Crippen LogP contribution in [0.4, 0.5) is 0 Å². The minimum atomic E-state index is 0.188. The highest BCUT2D eigenvalue weighted by Crippen LogP contribution is 2.42. The van der Waals surface area contributed by atoms with Crippen LogP contribution in [-0.4, -0.2) is 18.0 Å². The van der Waals surface area contributed by atoms with E-state index in [1.54, 1.807) is 0 Å². The van der Waals surface area contributed by atoms with E-state index < -0.39 is 0 Å². The molecular formula is C22H32N2O. The van der Waals surface area contributed by atoms with Gasteiger partial charge >= 0.3 is 0 Å². The van der Waals surface area contributed by atoms with Gasteiger partial charge in [-0.1, -0.05) is 49.6 Å². The van der Waals surface area contributed by atoms with Crippen LogP contribution >= 0.6 is 0 Å². The number of nitrogens with two attached hydrogens (primary N) is 1. The van der Waals surface area contributed by atoms with Gasteiger partial charge in [0.25, 0.3) is 0 Å². The molecular weight excluding hydrogens is 308 g/mol. The molecule has 0 aromatic heterocycles. The van der Waals surface area contributed by atoms with Gasteiger partial charge in [-0.05, 0) is 55.9 Å². The summed E-state index contributed by atoms with van der Waals surface area (Å²) in [6.07, 6.45) is 10.6. The first kappa shape index (κ1) is 17.1. The molecule has 4 rings (SSSR count). The third-order valence-electron chi connectivity index (χ3n) is 7.11. The van der Waals surface area contributed by atoms with E-state index >= 15 is 0 Å². The van der Waals surface area contributed by atoms with Crippen molar-refractivity contribution in [2.75, 3.05) is 0 Å². The molecule has 3 nitrogen and oxygen atoms in total. The maximum Gasteiger partial charge on any atom is 0.223 e.